The van der Waals surface area contributed by atoms with Crippen LogP contribution in [-0.2, 0) is 0 Å². The minimum absolute atomic E-state index is 0.318. The van der Waals surface area contributed by atoms with Crippen molar-refractivity contribution in [2.45, 2.75) is 19.3 Å². The number of nitrogens with two attached hydrogens (primary N) is 1. The fraction of sp³-hybridized carbons (Fsp3) is 0.538. The third-order valence-electron chi connectivity index (χ3n) is 2.56. The van der Waals surface area contributed by atoms with Gasteiger partial charge in [0, 0.05) is 19.0 Å². The van der Waals surface area contributed by atoms with Gasteiger partial charge in [-0.25, -0.2) is 0 Å². The van der Waals surface area contributed by atoms with Crippen molar-refractivity contribution < 1.29 is 4.74 Å². The average molecular weight is 222 g/mol. The summed E-state index contributed by atoms with van der Waals surface area (Å²) < 4.78 is 5.73. The predicted molar refractivity (Wildman–Crippen MR) is 68.0 cm³/mol. The van der Waals surface area contributed by atoms with Crippen molar-refractivity contribution in [2.24, 2.45) is 5.73 Å². The van der Waals surface area contributed by atoms with E-state index >= 15 is 0 Å². The number of likely N-dealkylation sites (N-methyl/N-ethyl adjacent to an activating group) is 1. The van der Waals surface area contributed by atoms with Gasteiger partial charge in [0.2, 0.25) is 0 Å². The molecule has 16 heavy (non-hydrogen) atoms. The Balaban J connectivity index is 2.82. The molecule has 3 heteroatoms. The fourth-order valence-electron chi connectivity index (χ4n) is 1.73. The van der Waals surface area contributed by atoms with Crippen molar-refractivity contribution in [1.29, 1.82) is 0 Å². The molecule has 0 spiro atoms. The molecule has 0 aliphatic rings. The summed E-state index contributed by atoms with van der Waals surface area (Å²) in [6, 6.07) is 8.15. The van der Waals surface area contributed by atoms with Crippen molar-refractivity contribution in [3.8, 4) is 5.75 Å². The first-order valence-corrected chi connectivity index (χ1v) is 5.89. The number of nitrogens with one attached hydrogen (secondary N) is 1. The average Bonchev–Trinajstić information content (AvgIpc) is 2.34. The number of hydrogen-bond donors (Lipinski definition) is 2. The highest BCUT2D eigenvalue weighted by atomic mass is 16.5. The minimum Gasteiger partial charge on any atom is -0.493 e. The molecule has 0 heterocycles. The van der Waals surface area contributed by atoms with Crippen LogP contribution in [0.4, 0.5) is 0 Å². The molecule has 0 aliphatic carbocycles. The lowest BCUT2D eigenvalue weighted by molar-refractivity contribution is 0.312. The van der Waals surface area contributed by atoms with E-state index in [1.54, 1.807) is 0 Å². The van der Waals surface area contributed by atoms with E-state index in [9.17, 15) is 0 Å². The van der Waals surface area contributed by atoms with Gasteiger partial charge in [-0.05, 0) is 25.1 Å². The Hall–Kier alpha value is -1.06. The molecule has 0 fully saturated rings. The second kappa shape index (κ2) is 7.25. The molecule has 0 bridgehead atoms. The highest BCUT2D eigenvalue weighted by Gasteiger charge is 2.13. The van der Waals surface area contributed by atoms with Crippen LogP contribution >= 0.6 is 0 Å². The summed E-state index contributed by atoms with van der Waals surface area (Å²) >= 11 is 0. The Morgan fingerprint density at radius 2 is 2.12 bits per heavy atom. The number of ether oxygens (including phenoxy) is 1. The number of rotatable bonds is 7. The molecule has 0 saturated carbocycles. The first kappa shape index (κ1) is 13.0. The van der Waals surface area contributed by atoms with E-state index in [0.717, 1.165) is 25.3 Å². The summed E-state index contributed by atoms with van der Waals surface area (Å²) in [5.41, 5.74) is 6.99. The van der Waals surface area contributed by atoms with Crippen molar-refractivity contribution >= 4 is 0 Å². The lowest BCUT2D eigenvalue weighted by atomic mass is 9.98. The zero-order chi connectivity index (χ0) is 11.8. The molecule has 0 aliphatic heterocycles. The van der Waals surface area contributed by atoms with Crippen molar-refractivity contribution in [3.05, 3.63) is 29.8 Å². The first-order valence-electron chi connectivity index (χ1n) is 5.89. The van der Waals surface area contributed by atoms with Crippen LogP contribution in [-0.4, -0.2) is 26.7 Å². The molecule has 3 nitrogen and oxygen atoms in total. The van der Waals surface area contributed by atoms with E-state index in [4.69, 9.17) is 10.5 Å². The molecule has 1 atom stereocenters. The molecular formula is C13H22N2O. The summed E-state index contributed by atoms with van der Waals surface area (Å²) in [7, 11) is 1.94. The zero-order valence-corrected chi connectivity index (χ0v) is 10.2. The van der Waals surface area contributed by atoms with Crippen LogP contribution in [0.15, 0.2) is 24.3 Å². The van der Waals surface area contributed by atoms with Gasteiger partial charge in [0.25, 0.3) is 0 Å². The second-order valence-electron chi connectivity index (χ2n) is 3.88. The van der Waals surface area contributed by atoms with E-state index in [1.165, 1.54) is 5.56 Å². The quantitative estimate of drug-likeness (QED) is 0.738. The SMILES string of the molecule is CCCOc1ccccc1C(CN)CNC. The number of hydrogen-bond acceptors (Lipinski definition) is 3. The third kappa shape index (κ3) is 3.51. The molecule has 1 rings (SSSR count). The number of para-hydroxylation sites is 1. The van der Waals surface area contributed by atoms with Gasteiger partial charge in [-0.15, -0.1) is 0 Å². The van der Waals surface area contributed by atoms with Crippen molar-refractivity contribution in [3.63, 3.8) is 0 Å². The monoisotopic (exact) mass is 222 g/mol. The minimum atomic E-state index is 0.318. The number of benzene rings is 1. The maximum Gasteiger partial charge on any atom is 0.122 e. The Bertz CT molecular complexity index is 302. The van der Waals surface area contributed by atoms with Crippen LogP contribution in [0.2, 0.25) is 0 Å². The fourth-order valence-corrected chi connectivity index (χ4v) is 1.73. The zero-order valence-electron chi connectivity index (χ0n) is 10.2. The normalized spacial score (nSPS) is 12.4. The van der Waals surface area contributed by atoms with Crippen LogP contribution in [0.25, 0.3) is 0 Å². The van der Waals surface area contributed by atoms with Gasteiger partial charge in [0.15, 0.2) is 0 Å². The summed E-state index contributed by atoms with van der Waals surface area (Å²) in [6.45, 7) is 4.38. The molecule has 90 valence electrons. The topological polar surface area (TPSA) is 47.3 Å². The molecule has 0 saturated heterocycles. The maximum atomic E-state index is 5.79. The van der Waals surface area contributed by atoms with E-state index in [1.807, 2.05) is 25.2 Å². The van der Waals surface area contributed by atoms with E-state index in [-0.39, 0.29) is 0 Å². The van der Waals surface area contributed by atoms with Gasteiger partial charge in [-0.1, -0.05) is 25.1 Å². The van der Waals surface area contributed by atoms with E-state index < -0.39 is 0 Å². The second-order valence-corrected chi connectivity index (χ2v) is 3.88. The van der Waals surface area contributed by atoms with Gasteiger partial charge in [-0.3, -0.25) is 0 Å². The van der Waals surface area contributed by atoms with Gasteiger partial charge < -0.3 is 15.8 Å². The Labute approximate surface area is 98.0 Å². The van der Waals surface area contributed by atoms with Crippen LogP contribution in [0.3, 0.4) is 0 Å². The van der Waals surface area contributed by atoms with Gasteiger partial charge in [0.1, 0.15) is 5.75 Å². The highest BCUT2D eigenvalue weighted by molar-refractivity contribution is 5.36. The molecule has 3 N–H and O–H groups in total. The lowest BCUT2D eigenvalue weighted by Gasteiger charge is -2.18. The standard InChI is InChI=1S/C13H22N2O/c1-3-8-16-13-7-5-4-6-12(13)11(9-14)10-15-2/h4-7,11,15H,3,8-10,14H2,1-2H3. The maximum absolute atomic E-state index is 5.79. The van der Waals surface area contributed by atoms with E-state index in [0.29, 0.717) is 12.5 Å². The summed E-state index contributed by atoms with van der Waals surface area (Å²) in [4.78, 5) is 0. The van der Waals surface area contributed by atoms with Crippen LogP contribution in [0.1, 0.15) is 24.8 Å². The third-order valence-corrected chi connectivity index (χ3v) is 2.56. The highest BCUT2D eigenvalue weighted by Crippen LogP contribution is 2.25. The summed E-state index contributed by atoms with van der Waals surface area (Å²) in [5.74, 6) is 1.29. The van der Waals surface area contributed by atoms with Crippen molar-refractivity contribution in [1.82, 2.24) is 5.32 Å². The first-order chi connectivity index (χ1) is 7.83. The van der Waals surface area contributed by atoms with Crippen LogP contribution < -0.4 is 15.8 Å². The Morgan fingerprint density at radius 1 is 1.38 bits per heavy atom. The van der Waals surface area contributed by atoms with E-state index in [2.05, 4.69) is 18.3 Å². The lowest BCUT2D eigenvalue weighted by Crippen LogP contribution is -2.24. The Kier molecular flexibility index (Phi) is 5.90. The predicted octanol–water partition coefficient (Wildman–Crippen LogP) is 1.74. The molecule has 0 aromatic heterocycles. The largest absolute Gasteiger partial charge is 0.493 e. The van der Waals surface area contributed by atoms with Crippen molar-refractivity contribution in [2.75, 3.05) is 26.7 Å². The smallest absolute Gasteiger partial charge is 0.122 e. The summed E-state index contributed by atoms with van der Waals surface area (Å²) in [5, 5.41) is 3.16. The molecule has 0 amide bonds. The molecular weight excluding hydrogens is 200 g/mol. The van der Waals surface area contributed by atoms with Crippen LogP contribution in [0, 0.1) is 0 Å². The van der Waals surface area contributed by atoms with Gasteiger partial charge in [0.05, 0.1) is 6.61 Å². The molecule has 0 radical (unpaired) electrons. The van der Waals surface area contributed by atoms with Gasteiger partial charge in [-0.2, -0.15) is 0 Å². The van der Waals surface area contributed by atoms with Gasteiger partial charge >= 0.3 is 0 Å². The molecule has 1 aromatic rings. The summed E-state index contributed by atoms with van der Waals surface area (Å²) in [6.07, 6.45) is 1.02. The molecule has 1 aromatic carbocycles. The van der Waals surface area contributed by atoms with Crippen LogP contribution in [0.5, 0.6) is 5.75 Å². The Morgan fingerprint density at radius 3 is 2.75 bits per heavy atom. The molecule has 1 unspecified atom stereocenters.